The van der Waals surface area contributed by atoms with Gasteiger partial charge in [0.25, 0.3) is 5.91 Å². The second-order valence-corrected chi connectivity index (χ2v) is 10.0. The number of carbonyl (C=O) groups is 1. The summed E-state index contributed by atoms with van der Waals surface area (Å²) in [6.45, 7) is 5.04. The van der Waals surface area contributed by atoms with Crippen LogP contribution in [-0.4, -0.2) is 62.0 Å². The van der Waals surface area contributed by atoms with Crippen molar-refractivity contribution in [2.75, 3.05) is 25.4 Å². The van der Waals surface area contributed by atoms with Crippen LogP contribution in [0.2, 0.25) is 0 Å². The number of aromatic nitrogens is 5. The molecule has 0 bridgehead atoms. The highest BCUT2D eigenvalue weighted by Crippen LogP contribution is 2.30. The van der Waals surface area contributed by atoms with Crippen LogP contribution < -0.4 is 20.6 Å². The van der Waals surface area contributed by atoms with Gasteiger partial charge in [-0.3, -0.25) is 9.69 Å². The minimum atomic E-state index is -0.530. The normalized spacial score (nSPS) is 13.6. The quantitative estimate of drug-likeness (QED) is 0.174. The lowest BCUT2D eigenvalue weighted by Crippen LogP contribution is -2.26. The van der Waals surface area contributed by atoms with Crippen LogP contribution >= 0.6 is 0 Å². The fraction of sp³-hybridized carbons (Fsp3) is 0.267. The highest BCUT2D eigenvalue weighted by molar-refractivity contribution is 5.95. The van der Waals surface area contributed by atoms with E-state index >= 15 is 0 Å². The van der Waals surface area contributed by atoms with Crippen molar-refractivity contribution in [3.63, 3.8) is 0 Å². The molecule has 5 aromatic rings. The third-order valence-electron chi connectivity index (χ3n) is 7.13. The number of hydrogen-bond acceptors (Lipinski definition) is 11. The van der Waals surface area contributed by atoms with Crippen molar-refractivity contribution in [2.24, 2.45) is 5.10 Å². The molecule has 0 radical (unpaired) electrons. The lowest BCUT2D eigenvalue weighted by Gasteiger charge is -2.14. The number of anilines is 1. The Morgan fingerprint density at radius 2 is 1.91 bits per heavy atom. The van der Waals surface area contributed by atoms with Crippen LogP contribution in [-0.2, 0) is 13.2 Å². The summed E-state index contributed by atoms with van der Waals surface area (Å²) in [5, 5.41) is 22.2. The largest absolute Gasteiger partial charge is 0.490 e. The van der Waals surface area contributed by atoms with Gasteiger partial charge in [-0.05, 0) is 83.3 Å². The average molecular weight is 582 g/mol. The number of ether oxygens (including phenoxy) is 2. The van der Waals surface area contributed by atoms with Gasteiger partial charge >= 0.3 is 0 Å². The number of likely N-dealkylation sites (tertiary alicyclic amines) is 1. The van der Waals surface area contributed by atoms with E-state index in [0.717, 1.165) is 42.3 Å². The molecule has 1 aliphatic heterocycles. The molecule has 6 rings (SSSR count). The van der Waals surface area contributed by atoms with Crippen LogP contribution in [0.3, 0.4) is 0 Å². The van der Waals surface area contributed by atoms with Crippen molar-refractivity contribution in [3.05, 3.63) is 83.2 Å². The Morgan fingerprint density at radius 1 is 1.07 bits per heavy atom. The summed E-state index contributed by atoms with van der Waals surface area (Å²) in [5.74, 6) is 0.715. The number of fused-ring (bicyclic) bond motifs is 1. The highest BCUT2D eigenvalue weighted by Gasteiger charge is 2.27. The molecule has 3 heterocycles. The SMILES string of the molecule is CCOc1cc(C=NNC(=O)c2c(CN3CCCC3)nnn2-c2nonc2N)ccc1OCc1cccc2ccccc12. The van der Waals surface area contributed by atoms with Crippen LogP contribution in [0.1, 0.15) is 47.1 Å². The number of benzene rings is 3. The van der Waals surface area contributed by atoms with Gasteiger partial charge in [0, 0.05) is 6.54 Å². The smallest absolute Gasteiger partial charge is 0.292 e. The third-order valence-corrected chi connectivity index (χ3v) is 7.13. The number of rotatable bonds is 11. The Morgan fingerprint density at radius 3 is 2.72 bits per heavy atom. The molecule has 0 unspecified atom stereocenters. The topological polar surface area (TPSA) is 159 Å². The minimum absolute atomic E-state index is 0.0126. The molecule has 1 aliphatic rings. The predicted molar refractivity (Wildman–Crippen MR) is 159 cm³/mol. The molecular weight excluding hydrogens is 550 g/mol. The third kappa shape index (κ3) is 6.16. The Balaban J connectivity index is 1.18. The molecule has 43 heavy (non-hydrogen) atoms. The van der Waals surface area contributed by atoms with Gasteiger partial charge in [-0.1, -0.05) is 47.7 Å². The van der Waals surface area contributed by atoms with Crippen molar-refractivity contribution in [2.45, 2.75) is 32.9 Å². The predicted octanol–water partition coefficient (Wildman–Crippen LogP) is 3.72. The first-order valence-electron chi connectivity index (χ1n) is 14.1. The number of amides is 1. The lowest BCUT2D eigenvalue weighted by molar-refractivity contribution is 0.0945. The number of hydrogen-bond donors (Lipinski definition) is 2. The van der Waals surface area contributed by atoms with E-state index in [2.05, 4.69) is 60.3 Å². The van der Waals surface area contributed by atoms with Crippen LogP contribution in [0, 0.1) is 0 Å². The van der Waals surface area contributed by atoms with E-state index in [1.807, 2.05) is 43.3 Å². The van der Waals surface area contributed by atoms with E-state index in [0.29, 0.717) is 42.5 Å². The maximum Gasteiger partial charge on any atom is 0.292 e. The van der Waals surface area contributed by atoms with E-state index in [4.69, 9.17) is 19.8 Å². The number of nitrogens with two attached hydrogens (primary N) is 1. The maximum absolute atomic E-state index is 13.3. The number of nitrogens with one attached hydrogen (secondary N) is 1. The number of nitrogens with zero attached hydrogens (tertiary/aromatic N) is 7. The summed E-state index contributed by atoms with van der Waals surface area (Å²) in [5.41, 5.74) is 10.8. The number of nitrogen functional groups attached to an aromatic ring is 1. The van der Waals surface area contributed by atoms with Crippen LogP contribution in [0.15, 0.2) is 70.4 Å². The van der Waals surface area contributed by atoms with Crippen molar-refractivity contribution < 1.29 is 18.9 Å². The zero-order valence-electron chi connectivity index (χ0n) is 23.6. The van der Waals surface area contributed by atoms with Crippen LogP contribution in [0.5, 0.6) is 11.5 Å². The van der Waals surface area contributed by atoms with Gasteiger partial charge in [0.05, 0.1) is 12.8 Å². The zero-order valence-corrected chi connectivity index (χ0v) is 23.6. The van der Waals surface area contributed by atoms with Gasteiger partial charge < -0.3 is 15.2 Å². The average Bonchev–Trinajstić information content (AvgIpc) is 3.79. The van der Waals surface area contributed by atoms with Gasteiger partial charge in [0.2, 0.25) is 11.6 Å². The summed E-state index contributed by atoms with van der Waals surface area (Å²) in [7, 11) is 0. The molecule has 13 heteroatoms. The Labute approximate surface area is 247 Å². The molecule has 3 aromatic carbocycles. The number of carbonyl (C=O) groups excluding carboxylic acids is 1. The molecule has 2 aromatic heterocycles. The Bertz CT molecular complexity index is 1750. The van der Waals surface area contributed by atoms with Crippen molar-refractivity contribution in [3.8, 4) is 17.3 Å². The number of hydrazone groups is 1. The second kappa shape index (κ2) is 12.7. The van der Waals surface area contributed by atoms with Crippen molar-refractivity contribution >= 4 is 28.7 Å². The summed E-state index contributed by atoms with van der Waals surface area (Å²) in [4.78, 5) is 15.6. The van der Waals surface area contributed by atoms with Crippen molar-refractivity contribution in [1.29, 1.82) is 0 Å². The molecule has 1 saturated heterocycles. The van der Waals surface area contributed by atoms with Gasteiger partial charge in [-0.15, -0.1) is 5.10 Å². The summed E-state index contributed by atoms with van der Waals surface area (Å²) in [6, 6.07) is 19.8. The molecule has 0 spiro atoms. The van der Waals surface area contributed by atoms with E-state index in [1.54, 1.807) is 0 Å². The fourth-order valence-electron chi connectivity index (χ4n) is 5.07. The zero-order chi connectivity index (χ0) is 29.6. The summed E-state index contributed by atoms with van der Waals surface area (Å²) < 4.78 is 18.0. The molecule has 0 aliphatic carbocycles. The van der Waals surface area contributed by atoms with Crippen molar-refractivity contribution in [1.82, 2.24) is 35.6 Å². The first-order chi connectivity index (χ1) is 21.1. The first kappa shape index (κ1) is 27.8. The first-order valence-corrected chi connectivity index (χ1v) is 14.1. The van der Waals surface area contributed by atoms with Crippen LogP contribution in [0.4, 0.5) is 5.82 Å². The minimum Gasteiger partial charge on any atom is -0.490 e. The molecule has 1 amide bonds. The molecule has 0 atom stereocenters. The summed E-state index contributed by atoms with van der Waals surface area (Å²) in [6.07, 6.45) is 3.71. The summed E-state index contributed by atoms with van der Waals surface area (Å²) >= 11 is 0. The fourth-order valence-corrected chi connectivity index (χ4v) is 5.07. The molecule has 3 N–H and O–H groups in total. The van der Waals surface area contributed by atoms with E-state index in [1.165, 1.54) is 10.9 Å². The molecule has 220 valence electrons. The van der Waals surface area contributed by atoms with Gasteiger partial charge in [-0.2, -0.15) is 9.78 Å². The second-order valence-electron chi connectivity index (χ2n) is 10.0. The van der Waals surface area contributed by atoms with E-state index in [9.17, 15) is 4.79 Å². The molecule has 13 nitrogen and oxygen atoms in total. The lowest BCUT2D eigenvalue weighted by atomic mass is 10.1. The highest BCUT2D eigenvalue weighted by atomic mass is 16.6. The molecule has 1 fully saturated rings. The standard InChI is InChI=1S/C30H31N9O4/c1-2-41-26-16-20(12-13-25(26)42-19-22-10-7-9-21-8-3-4-11-23(21)22)17-32-34-30(40)27-24(18-38-14-5-6-15-38)33-37-39(27)29-28(31)35-43-36-29/h3-4,7-13,16-17H,2,5-6,14-15,18-19H2,1H3,(H2,31,35)(H,34,40). The van der Waals surface area contributed by atoms with E-state index < -0.39 is 5.91 Å². The monoisotopic (exact) mass is 581 g/mol. The molecule has 0 saturated carbocycles. The van der Waals surface area contributed by atoms with E-state index in [-0.39, 0.29) is 17.3 Å². The van der Waals surface area contributed by atoms with Gasteiger partial charge in [0.15, 0.2) is 17.2 Å². The Hall–Kier alpha value is -5.30. The van der Waals surface area contributed by atoms with Gasteiger partial charge in [-0.25, -0.2) is 10.1 Å². The molecular formula is C30H31N9O4. The maximum atomic E-state index is 13.3. The van der Waals surface area contributed by atoms with Gasteiger partial charge in [0.1, 0.15) is 12.3 Å². The van der Waals surface area contributed by atoms with Crippen LogP contribution in [0.25, 0.3) is 16.6 Å². The Kier molecular flexibility index (Phi) is 8.22.